The maximum atomic E-state index is 13.0. The summed E-state index contributed by atoms with van der Waals surface area (Å²) in [6.45, 7) is 1.62. The topological polar surface area (TPSA) is 41.7 Å². The van der Waals surface area contributed by atoms with Crippen molar-refractivity contribution in [2.45, 2.75) is 12.8 Å². The lowest BCUT2D eigenvalue weighted by Gasteiger charge is -2.30. The van der Waals surface area contributed by atoms with Crippen LogP contribution in [-0.4, -0.2) is 29.4 Å². The molecule has 4 nitrogen and oxygen atoms in total. The number of nitrogens with zero attached hydrogens (tertiary/aromatic N) is 3. The van der Waals surface area contributed by atoms with E-state index in [9.17, 15) is 5.21 Å². The zero-order chi connectivity index (χ0) is 15.8. The van der Waals surface area contributed by atoms with Crippen molar-refractivity contribution in [3.63, 3.8) is 0 Å². The molecule has 0 saturated heterocycles. The van der Waals surface area contributed by atoms with E-state index >= 15 is 0 Å². The Morgan fingerprint density at radius 2 is 1.83 bits per heavy atom. The first-order chi connectivity index (χ1) is 11.3. The number of hydrogen-bond donors (Lipinski definition) is 0. The molecule has 0 radical (unpaired) electrons. The normalized spacial score (nSPS) is 17.3. The molecule has 0 unspecified atom stereocenters. The Kier molecular flexibility index (Phi) is 3.54. The molecular formula is C18H16ClN3O. The number of halogens is 1. The van der Waals surface area contributed by atoms with Crippen LogP contribution in [0.3, 0.4) is 0 Å². The van der Waals surface area contributed by atoms with Gasteiger partial charge >= 0.3 is 0 Å². The van der Waals surface area contributed by atoms with Gasteiger partial charge in [0.2, 0.25) is 11.5 Å². The molecule has 5 heteroatoms. The van der Waals surface area contributed by atoms with E-state index in [0.717, 1.165) is 47.8 Å². The molecule has 0 aliphatic carbocycles. The predicted molar refractivity (Wildman–Crippen MR) is 94.2 cm³/mol. The number of hydrogen-bond acceptors (Lipinski definition) is 3. The third-order valence-corrected chi connectivity index (χ3v) is 4.48. The second-order valence-electron chi connectivity index (χ2n) is 5.70. The summed E-state index contributed by atoms with van der Waals surface area (Å²) in [5, 5.41) is 13.7. The Hall–Kier alpha value is -2.33. The van der Waals surface area contributed by atoms with Gasteiger partial charge in [-0.3, -0.25) is 4.99 Å². The van der Waals surface area contributed by atoms with Crippen molar-refractivity contribution < 1.29 is 4.74 Å². The Morgan fingerprint density at radius 3 is 2.65 bits per heavy atom. The van der Waals surface area contributed by atoms with Gasteiger partial charge in [-0.1, -0.05) is 23.7 Å². The largest absolute Gasteiger partial charge is 0.618 e. The summed E-state index contributed by atoms with van der Waals surface area (Å²) in [6.07, 6.45) is 2.10. The molecule has 116 valence electrons. The van der Waals surface area contributed by atoms with Crippen molar-refractivity contribution >= 4 is 34.5 Å². The number of rotatable bonds is 1. The van der Waals surface area contributed by atoms with Gasteiger partial charge in [0.05, 0.1) is 5.56 Å². The van der Waals surface area contributed by atoms with E-state index in [2.05, 4.69) is 4.90 Å². The Labute approximate surface area is 139 Å². The summed E-state index contributed by atoms with van der Waals surface area (Å²) in [6, 6.07) is 15.1. The molecule has 0 saturated carbocycles. The van der Waals surface area contributed by atoms with E-state index < -0.39 is 0 Å². The Bertz CT molecular complexity index is 811. The minimum atomic E-state index is 0.599. The van der Waals surface area contributed by atoms with Gasteiger partial charge in [0, 0.05) is 24.2 Å². The van der Waals surface area contributed by atoms with Gasteiger partial charge in [-0.25, -0.2) is 0 Å². The van der Waals surface area contributed by atoms with E-state index in [4.69, 9.17) is 16.6 Å². The van der Waals surface area contributed by atoms with Gasteiger partial charge in [0.15, 0.2) is 0 Å². The first kappa shape index (κ1) is 14.3. The second-order valence-corrected chi connectivity index (χ2v) is 6.14. The summed E-state index contributed by atoms with van der Waals surface area (Å²) in [7, 11) is 0. The minimum absolute atomic E-state index is 0.599. The number of fused-ring (bicyclic) bond motifs is 3. The lowest BCUT2D eigenvalue weighted by atomic mass is 10.0. The van der Waals surface area contributed by atoms with Gasteiger partial charge < -0.3 is 10.1 Å². The summed E-state index contributed by atoms with van der Waals surface area (Å²) in [4.78, 5) is 6.87. The van der Waals surface area contributed by atoms with Crippen LogP contribution in [0.1, 0.15) is 18.4 Å². The van der Waals surface area contributed by atoms with Crippen LogP contribution in [0.25, 0.3) is 0 Å². The smallest absolute Gasteiger partial charge is 0.267 e. The first-order valence-corrected chi connectivity index (χ1v) is 8.15. The summed E-state index contributed by atoms with van der Waals surface area (Å²) in [5.74, 6) is 0.763. The van der Waals surface area contributed by atoms with Crippen LogP contribution in [-0.2, 0) is 0 Å². The fourth-order valence-corrected chi connectivity index (χ4v) is 3.25. The number of anilines is 1. The fraction of sp³-hybridized carbons (Fsp3) is 0.222. The van der Waals surface area contributed by atoms with E-state index in [1.807, 2.05) is 36.4 Å². The lowest BCUT2D eigenvalue weighted by Crippen LogP contribution is -2.43. The van der Waals surface area contributed by atoms with Gasteiger partial charge in [-0.05, 0) is 43.2 Å². The standard InChI is InChI=1S/C18H16ClN3O/c19-14-9-7-13(8-10-14)17-18-20-11-3-4-12-21(18)15-5-1-2-6-16(15)22(17)23/h1-2,5-10H,3-4,11-12H2. The fourth-order valence-electron chi connectivity index (χ4n) is 3.12. The number of benzene rings is 2. The molecule has 2 aliphatic rings. The van der Waals surface area contributed by atoms with Crippen molar-refractivity contribution in [3.05, 3.63) is 64.3 Å². The zero-order valence-electron chi connectivity index (χ0n) is 12.6. The van der Waals surface area contributed by atoms with Crippen molar-refractivity contribution in [1.82, 2.24) is 0 Å². The molecule has 2 heterocycles. The quantitative estimate of drug-likeness (QED) is 0.588. The molecule has 4 rings (SSSR count). The molecule has 0 amide bonds. The molecule has 0 fully saturated rings. The highest BCUT2D eigenvalue weighted by molar-refractivity contribution is 6.51. The molecule has 23 heavy (non-hydrogen) atoms. The molecule has 0 N–H and O–H groups in total. The molecule has 2 aromatic carbocycles. The molecule has 0 bridgehead atoms. The van der Waals surface area contributed by atoms with E-state index in [-0.39, 0.29) is 0 Å². The van der Waals surface area contributed by atoms with Crippen LogP contribution in [0, 0.1) is 5.21 Å². The Balaban J connectivity index is 1.97. The lowest BCUT2D eigenvalue weighted by molar-refractivity contribution is -0.358. The SMILES string of the molecule is [O-][N+]1=C(c2ccc(Cl)cc2)C2=NCCCCN2c2ccccc21. The van der Waals surface area contributed by atoms with E-state index in [0.29, 0.717) is 16.4 Å². The maximum Gasteiger partial charge on any atom is 0.267 e. The summed E-state index contributed by atoms with van der Waals surface area (Å²) in [5.41, 5.74) is 3.03. The van der Waals surface area contributed by atoms with Crippen molar-refractivity contribution in [3.8, 4) is 0 Å². The van der Waals surface area contributed by atoms with Gasteiger partial charge in [0.1, 0.15) is 5.69 Å². The van der Waals surface area contributed by atoms with Crippen LogP contribution >= 0.6 is 11.6 Å². The van der Waals surface area contributed by atoms with Crippen LogP contribution in [0.2, 0.25) is 5.02 Å². The monoisotopic (exact) mass is 325 g/mol. The van der Waals surface area contributed by atoms with Crippen molar-refractivity contribution in [2.75, 3.05) is 18.0 Å². The van der Waals surface area contributed by atoms with E-state index in [1.165, 1.54) is 0 Å². The summed E-state index contributed by atoms with van der Waals surface area (Å²) >= 11 is 5.99. The van der Waals surface area contributed by atoms with Crippen LogP contribution in [0.4, 0.5) is 11.4 Å². The second kappa shape index (κ2) is 5.70. The molecule has 2 aromatic rings. The van der Waals surface area contributed by atoms with Crippen LogP contribution in [0.15, 0.2) is 53.5 Å². The molecule has 2 aliphatic heterocycles. The van der Waals surface area contributed by atoms with Crippen LogP contribution < -0.4 is 4.90 Å². The maximum absolute atomic E-state index is 13.0. The summed E-state index contributed by atoms with van der Waals surface area (Å²) < 4.78 is 0.999. The average Bonchev–Trinajstić information content (AvgIpc) is 2.83. The number of amidine groups is 1. The van der Waals surface area contributed by atoms with E-state index in [1.54, 1.807) is 12.1 Å². The molecule has 0 aromatic heterocycles. The van der Waals surface area contributed by atoms with Gasteiger partial charge in [-0.15, -0.1) is 0 Å². The van der Waals surface area contributed by atoms with Crippen LogP contribution in [0.5, 0.6) is 0 Å². The number of aliphatic imine (C=N–C) groups is 1. The minimum Gasteiger partial charge on any atom is -0.618 e. The third kappa shape index (κ3) is 2.39. The molecule has 0 atom stereocenters. The number of para-hydroxylation sites is 2. The first-order valence-electron chi connectivity index (χ1n) is 7.77. The third-order valence-electron chi connectivity index (χ3n) is 4.23. The van der Waals surface area contributed by atoms with Gasteiger partial charge in [-0.2, -0.15) is 4.74 Å². The molecular weight excluding hydrogens is 310 g/mol. The highest BCUT2D eigenvalue weighted by Crippen LogP contribution is 2.34. The highest BCUT2D eigenvalue weighted by Gasteiger charge is 2.36. The van der Waals surface area contributed by atoms with Crippen molar-refractivity contribution in [2.24, 2.45) is 4.99 Å². The molecule has 0 spiro atoms. The predicted octanol–water partition coefficient (Wildman–Crippen LogP) is 3.98. The highest BCUT2D eigenvalue weighted by atomic mass is 35.5. The van der Waals surface area contributed by atoms with Gasteiger partial charge in [0.25, 0.3) is 5.71 Å². The average molecular weight is 326 g/mol. The Morgan fingerprint density at radius 1 is 1.04 bits per heavy atom. The zero-order valence-corrected chi connectivity index (χ0v) is 13.3. The van der Waals surface area contributed by atoms with Crippen molar-refractivity contribution in [1.29, 1.82) is 0 Å².